The third-order valence-corrected chi connectivity index (χ3v) is 10.0. The summed E-state index contributed by atoms with van der Waals surface area (Å²) in [6.07, 6.45) is 3.48. The van der Waals surface area contributed by atoms with Gasteiger partial charge >= 0.3 is 0 Å². The number of hydrogen-bond donors (Lipinski definition) is 2. The summed E-state index contributed by atoms with van der Waals surface area (Å²) in [5, 5.41) is 7.19. The maximum atomic E-state index is 13.6. The molecule has 0 spiro atoms. The standard InChI is InChI=1S/C43H40Cl2N2O6/c1-5-27-18-26(17-25(4)40(27)46-42(50)38-22-33(48)20-36(52-38)28-9-13-31(44)14-10-28)19-30-8-7-24(3)41(35(30)6-2)47-43(51)39-23-34(49)21-37(53-39)29-11-15-32(45)16-12-29/h7-18,22-23,36-37H,5-6,19-21H2,1-4H3,(H,46,50)(H,47,51)/t36-,37-/m0/s1. The minimum atomic E-state index is -0.590. The number of ketones is 2. The fourth-order valence-electron chi connectivity index (χ4n) is 6.82. The number of carbonyl (C=O) groups is 4. The molecule has 0 fully saturated rings. The highest BCUT2D eigenvalue weighted by Crippen LogP contribution is 2.34. The molecule has 4 aromatic carbocycles. The van der Waals surface area contributed by atoms with Gasteiger partial charge in [-0.05, 0) is 102 Å². The van der Waals surface area contributed by atoms with Crippen molar-refractivity contribution in [3.05, 3.63) is 151 Å². The lowest BCUT2D eigenvalue weighted by Gasteiger charge is -2.25. The lowest BCUT2D eigenvalue weighted by Crippen LogP contribution is -2.25. The highest BCUT2D eigenvalue weighted by Gasteiger charge is 2.29. The molecular weight excluding hydrogens is 711 g/mol. The van der Waals surface area contributed by atoms with Gasteiger partial charge in [-0.3, -0.25) is 19.2 Å². The van der Waals surface area contributed by atoms with Gasteiger partial charge < -0.3 is 20.1 Å². The lowest BCUT2D eigenvalue weighted by atomic mass is 9.92. The molecule has 2 heterocycles. The van der Waals surface area contributed by atoms with Crippen molar-refractivity contribution in [2.75, 3.05) is 10.6 Å². The second kappa shape index (κ2) is 16.2. The molecule has 53 heavy (non-hydrogen) atoms. The van der Waals surface area contributed by atoms with Gasteiger partial charge in [0.25, 0.3) is 11.8 Å². The van der Waals surface area contributed by atoms with Crippen LogP contribution in [0.15, 0.2) is 96.5 Å². The zero-order chi connectivity index (χ0) is 37.8. The van der Waals surface area contributed by atoms with E-state index >= 15 is 0 Å². The van der Waals surface area contributed by atoms with Crippen LogP contribution in [0.4, 0.5) is 11.4 Å². The molecule has 0 radical (unpaired) electrons. The average molecular weight is 752 g/mol. The second-order valence-electron chi connectivity index (χ2n) is 13.3. The number of hydrogen-bond acceptors (Lipinski definition) is 6. The van der Waals surface area contributed by atoms with Crippen LogP contribution in [0, 0.1) is 13.8 Å². The first-order chi connectivity index (χ1) is 25.4. The number of ether oxygens (including phenoxy) is 2. The molecule has 272 valence electrons. The van der Waals surface area contributed by atoms with Gasteiger partial charge in [0.1, 0.15) is 12.2 Å². The number of amides is 2. The van der Waals surface area contributed by atoms with Crippen LogP contribution < -0.4 is 10.6 Å². The Morgan fingerprint density at radius 1 is 0.660 bits per heavy atom. The highest BCUT2D eigenvalue weighted by atomic mass is 35.5. The van der Waals surface area contributed by atoms with E-state index in [0.29, 0.717) is 40.7 Å². The first kappa shape index (κ1) is 37.6. The maximum Gasteiger partial charge on any atom is 0.290 e. The molecule has 2 aliphatic rings. The molecule has 0 bridgehead atoms. The van der Waals surface area contributed by atoms with E-state index < -0.39 is 24.0 Å². The van der Waals surface area contributed by atoms with E-state index in [2.05, 4.69) is 22.8 Å². The summed E-state index contributed by atoms with van der Waals surface area (Å²) in [4.78, 5) is 52.3. The Morgan fingerprint density at radius 2 is 1.17 bits per heavy atom. The van der Waals surface area contributed by atoms with Crippen molar-refractivity contribution in [3.63, 3.8) is 0 Å². The van der Waals surface area contributed by atoms with Gasteiger partial charge in [0, 0.05) is 33.6 Å². The summed E-state index contributed by atoms with van der Waals surface area (Å²) in [6.45, 7) is 7.93. The monoisotopic (exact) mass is 750 g/mol. The Labute approximate surface area is 319 Å². The van der Waals surface area contributed by atoms with Gasteiger partial charge in [0.2, 0.25) is 0 Å². The van der Waals surface area contributed by atoms with Gasteiger partial charge in [0.05, 0.1) is 12.8 Å². The molecule has 0 saturated heterocycles. The van der Waals surface area contributed by atoms with Crippen LogP contribution >= 0.6 is 23.2 Å². The molecule has 10 heteroatoms. The number of carbonyl (C=O) groups excluding carboxylic acids is 4. The van der Waals surface area contributed by atoms with E-state index in [1.54, 1.807) is 48.5 Å². The number of nitrogens with one attached hydrogen (secondary N) is 2. The van der Waals surface area contributed by atoms with Crippen molar-refractivity contribution in [2.45, 2.75) is 72.0 Å². The maximum absolute atomic E-state index is 13.6. The van der Waals surface area contributed by atoms with E-state index in [4.69, 9.17) is 32.7 Å². The molecule has 0 unspecified atom stereocenters. The Bertz CT molecular complexity index is 2150. The fourth-order valence-corrected chi connectivity index (χ4v) is 7.07. The topological polar surface area (TPSA) is 111 Å². The SMILES string of the molecule is CCc1cc(Cc2ccc(C)c(NC(=O)C3=CC(=O)C[C@@H](c4ccc(Cl)cc4)O3)c2CC)cc(C)c1NC(=O)C1=CC(=O)C[C@@H](c2ccc(Cl)cc2)O1. The van der Waals surface area contributed by atoms with Crippen molar-refractivity contribution in [1.29, 1.82) is 0 Å². The van der Waals surface area contributed by atoms with Crippen molar-refractivity contribution >= 4 is 58.0 Å². The van der Waals surface area contributed by atoms with Crippen molar-refractivity contribution in [1.82, 2.24) is 0 Å². The quantitative estimate of drug-likeness (QED) is 0.167. The summed E-state index contributed by atoms with van der Waals surface area (Å²) in [5.41, 5.74) is 8.62. The van der Waals surface area contributed by atoms with Gasteiger partial charge in [-0.25, -0.2) is 0 Å². The zero-order valence-corrected chi connectivity index (χ0v) is 31.5. The summed E-state index contributed by atoms with van der Waals surface area (Å²) in [6, 6.07) is 22.2. The molecule has 2 amide bonds. The number of halogens is 2. The van der Waals surface area contributed by atoms with Gasteiger partial charge in [0.15, 0.2) is 23.1 Å². The Kier molecular flexibility index (Phi) is 11.5. The van der Waals surface area contributed by atoms with Crippen LogP contribution in [-0.2, 0) is 47.9 Å². The molecule has 2 N–H and O–H groups in total. The Balaban J connectivity index is 1.19. The van der Waals surface area contributed by atoms with Crippen molar-refractivity contribution in [3.8, 4) is 0 Å². The van der Waals surface area contributed by atoms with E-state index in [1.807, 2.05) is 39.8 Å². The number of benzene rings is 4. The average Bonchev–Trinajstić information content (AvgIpc) is 3.14. The summed E-state index contributed by atoms with van der Waals surface area (Å²) >= 11 is 12.1. The van der Waals surface area contributed by atoms with Crippen LogP contribution in [0.1, 0.15) is 83.4 Å². The zero-order valence-electron chi connectivity index (χ0n) is 30.0. The van der Waals surface area contributed by atoms with Gasteiger partial charge in [-0.15, -0.1) is 0 Å². The normalized spacial score (nSPS) is 16.9. The first-order valence-electron chi connectivity index (χ1n) is 17.6. The molecule has 0 aliphatic carbocycles. The Hall–Kier alpha value is -5.18. The van der Waals surface area contributed by atoms with E-state index in [-0.39, 0.29) is 35.9 Å². The minimum Gasteiger partial charge on any atom is -0.479 e. The molecule has 4 aromatic rings. The van der Waals surface area contributed by atoms with Gasteiger partial charge in [-0.2, -0.15) is 0 Å². The van der Waals surface area contributed by atoms with E-state index in [9.17, 15) is 19.2 Å². The van der Waals surface area contributed by atoms with E-state index in [0.717, 1.165) is 44.5 Å². The van der Waals surface area contributed by atoms with Crippen LogP contribution in [0.25, 0.3) is 0 Å². The lowest BCUT2D eigenvalue weighted by molar-refractivity contribution is -0.124. The van der Waals surface area contributed by atoms with Crippen LogP contribution in [0.3, 0.4) is 0 Å². The van der Waals surface area contributed by atoms with Gasteiger partial charge in [-0.1, -0.05) is 85.6 Å². The molecule has 2 aliphatic heterocycles. The number of allylic oxidation sites excluding steroid dienone is 2. The minimum absolute atomic E-state index is 0.0341. The molecule has 0 saturated carbocycles. The molecule has 2 atom stereocenters. The predicted molar refractivity (Wildman–Crippen MR) is 207 cm³/mol. The summed E-state index contributed by atoms with van der Waals surface area (Å²) in [5.74, 6) is -1.44. The van der Waals surface area contributed by atoms with Crippen LogP contribution in [-0.4, -0.2) is 23.4 Å². The largest absolute Gasteiger partial charge is 0.479 e. The molecule has 8 nitrogen and oxygen atoms in total. The smallest absolute Gasteiger partial charge is 0.290 e. The number of aryl methyl sites for hydroxylation is 3. The predicted octanol–water partition coefficient (Wildman–Crippen LogP) is 9.43. The third kappa shape index (κ3) is 8.73. The summed E-state index contributed by atoms with van der Waals surface area (Å²) in [7, 11) is 0. The van der Waals surface area contributed by atoms with Crippen LogP contribution in [0.5, 0.6) is 0 Å². The molecule has 6 rings (SSSR count). The van der Waals surface area contributed by atoms with Crippen molar-refractivity contribution in [2.24, 2.45) is 0 Å². The first-order valence-corrected chi connectivity index (χ1v) is 18.4. The number of rotatable bonds is 10. The molecule has 0 aromatic heterocycles. The van der Waals surface area contributed by atoms with E-state index in [1.165, 1.54) is 12.2 Å². The molecular formula is C43H40Cl2N2O6. The van der Waals surface area contributed by atoms with Crippen LogP contribution in [0.2, 0.25) is 10.0 Å². The highest BCUT2D eigenvalue weighted by molar-refractivity contribution is 6.30. The third-order valence-electron chi connectivity index (χ3n) is 9.53. The Morgan fingerprint density at radius 3 is 1.66 bits per heavy atom. The second-order valence-corrected chi connectivity index (χ2v) is 14.2. The number of anilines is 2. The van der Waals surface area contributed by atoms with Crippen molar-refractivity contribution < 1.29 is 28.7 Å². The summed E-state index contributed by atoms with van der Waals surface area (Å²) < 4.78 is 12.0. The fraction of sp³-hybridized carbons (Fsp3) is 0.256.